The lowest BCUT2D eigenvalue weighted by Crippen LogP contribution is -2.39. The summed E-state index contributed by atoms with van der Waals surface area (Å²) in [6.07, 6.45) is 3.46. The highest BCUT2D eigenvalue weighted by atomic mass is 16.2. The van der Waals surface area contributed by atoms with Crippen LogP contribution >= 0.6 is 0 Å². The van der Waals surface area contributed by atoms with Gasteiger partial charge in [-0.15, -0.1) is 0 Å². The molecule has 2 heterocycles. The van der Waals surface area contributed by atoms with E-state index in [0.29, 0.717) is 5.82 Å². The van der Waals surface area contributed by atoms with E-state index in [-0.39, 0.29) is 18.5 Å². The van der Waals surface area contributed by atoms with E-state index < -0.39 is 5.91 Å². The molecule has 1 atom stereocenters. The molecule has 0 bridgehead atoms. The predicted octanol–water partition coefficient (Wildman–Crippen LogP) is 0.971. The Bertz CT molecular complexity index is 713. The molecule has 24 heavy (non-hydrogen) atoms. The molecule has 7 heteroatoms. The van der Waals surface area contributed by atoms with Crippen LogP contribution in [0.25, 0.3) is 0 Å². The van der Waals surface area contributed by atoms with Crippen LogP contribution in [-0.2, 0) is 22.7 Å². The van der Waals surface area contributed by atoms with E-state index in [9.17, 15) is 9.59 Å². The van der Waals surface area contributed by atoms with Crippen molar-refractivity contribution < 1.29 is 9.59 Å². The van der Waals surface area contributed by atoms with Gasteiger partial charge in [-0.3, -0.25) is 19.2 Å². The number of nitrogens with one attached hydrogen (secondary N) is 1. The highest BCUT2D eigenvalue weighted by molar-refractivity contribution is 5.94. The van der Waals surface area contributed by atoms with Gasteiger partial charge in [0, 0.05) is 18.8 Å². The summed E-state index contributed by atoms with van der Waals surface area (Å²) in [7, 11) is 0. The molecule has 2 aromatic rings. The third-order valence-corrected chi connectivity index (χ3v) is 4.10. The second kappa shape index (κ2) is 7.27. The van der Waals surface area contributed by atoms with Crippen molar-refractivity contribution >= 4 is 17.6 Å². The SMILES string of the molecule is NC(=O)Cn1ccc(NC(=O)C2CCCN2Cc2ccccc2)n1. The number of nitrogens with two attached hydrogens (primary N) is 1. The quantitative estimate of drug-likeness (QED) is 0.827. The Morgan fingerprint density at radius 3 is 2.79 bits per heavy atom. The molecule has 1 aromatic heterocycles. The molecule has 1 unspecified atom stereocenters. The van der Waals surface area contributed by atoms with Crippen molar-refractivity contribution in [3.8, 4) is 0 Å². The van der Waals surface area contributed by atoms with Gasteiger partial charge in [-0.2, -0.15) is 5.10 Å². The Kier molecular flexibility index (Phi) is 4.90. The standard InChI is InChI=1S/C17H21N5O2/c18-15(23)12-22-10-8-16(20-22)19-17(24)14-7-4-9-21(14)11-13-5-2-1-3-6-13/h1-3,5-6,8,10,14H,4,7,9,11-12H2,(H2,18,23)(H,19,20,24). The van der Waals surface area contributed by atoms with Crippen molar-refractivity contribution in [2.75, 3.05) is 11.9 Å². The molecule has 0 radical (unpaired) electrons. The van der Waals surface area contributed by atoms with Crippen LogP contribution in [0.15, 0.2) is 42.6 Å². The summed E-state index contributed by atoms with van der Waals surface area (Å²) >= 11 is 0. The monoisotopic (exact) mass is 327 g/mol. The third-order valence-electron chi connectivity index (χ3n) is 4.10. The molecule has 126 valence electrons. The minimum atomic E-state index is -0.471. The van der Waals surface area contributed by atoms with Gasteiger partial charge in [0.2, 0.25) is 11.8 Å². The summed E-state index contributed by atoms with van der Waals surface area (Å²) < 4.78 is 1.41. The van der Waals surface area contributed by atoms with Crippen molar-refractivity contribution in [2.45, 2.75) is 32.0 Å². The lowest BCUT2D eigenvalue weighted by Gasteiger charge is -2.23. The largest absolute Gasteiger partial charge is 0.368 e. The van der Waals surface area contributed by atoms with E-state index in [1.807, 2.05) is 18.2 Å². The number of likely N-dealkylation sites (tertiary alicyclic amines) is 1. The fraction of sp³-hybridized carbons (Fsp3) is 0.353. The lowest BCUT2D eigenvalue weighted by molar-refractivity contribution is -0.120. The maximum atomic E-state index is 12.6. The Morgan fingerprint density at radius 2 is 2.04 bits per heavy atom. The van der Waals surface area contributed by atoms with E-state index in [1.54, 1.807) is 12.3 Å². The maximum Gasteiger partial charge on any atom is 0.242 e. The second-order valence-corrected chi connectivity index (χ2v) is 5.97. The number of benzene rings is 1. The number of carbonyl (C=O) groups excluding carboxylic acids is 2. The highest BCUT2D eigenvalue weighted by Crippen LogP contribution is 2.21. The highest BCUT2D eigenvalue weighted by Gasteiger charge is 2.30. The summed E-state index contributed by atoms with van der Waals surface area (Å²) in [5.74, 6) is -0.0960. The van der Waals surface area contributed by atoms with Gasteiger partial charge in [0.1, 0.15) is 6.54 Å². The number of amides is 2. The zero-order valence-electron chi connectivity index (χ0n) is 13.4. The van der Waals surface area contributed by atoms with Crippen molar-refractivity contribution in [3.63, 3.8) is 0 Å². The van der Waals surface area contributed by atoms with Gasteiger partial charge in [-0.1, -0.05) is 30.3 Å². The molecule has 0 aliphatic carbocycles. The smallest absolute Gasteiger partial charge is 0.242 e. The number of carbonyl (C=O) groups is 2. The average molecular weight is 327 g/mol. The van der Waals surface area contributed by atoms with E-state index in [2.05, 4.69) is 27.4 Å². The number of hydrogen-bond donors (Lipinski definition) is 2. The number of primary amides is 1. The van der Waals surface area contributed by atoms with Gasteiger partial charge >= 0.3 is 0 Å². The summed E-state index contributed by atoms with van der Waals surface area (Å²) in [5.41, 5.74) is 6.33. The van der Waals surface area contributed by atoms with Gasteiger partial charge in [0.05, 0.1) is 6.04 Å². The molecule has 1 saturated heterocycles. The topological polar surface area (TPSA) is 93.2 Å². The van der Waals surface area contributed by atoms with Crippen LogP contribution in [0.3, 0.4) is 0 Å². The minimum absolute atomic E-state index is 0.000564. The van der Waals surface area contributed by atoms with E-state index in [1.165, 1.54) is 10.2 Å². The van der Waals surface area contributed by atoms with Crippen LogP contribution in [0.2, 0.25) is 0 Å². The first kappa shape index (κ1) is 16.2. The van der Waals surface area contributed by atoms with Gasteiger partial charge in [-0.05, 0) is 24.9 Å². The third kappa shape index (κ3) is 3.99. The number of hydrogen-bond acceptors (Lipinski definition) is 4. The predicted molar refractivity (Wildman–Crippen MR) is 89.9 cm³/mol. The number of rotatable bonds is 6. The van der Waals surface area contributed by atoms with Gasteiger partial charge < -0.3 is 11.1 Å². The molecule has 1 aromatic carbocycles. The Morgan fingerprint density at radius 1 is 1.25 bits per heavy atom. The normalized spacial score (nSPS) is 17.8. The van der Waals surface area contributed by atoms with Gasteiger partial charge in [0.25, 0.3) is 0 Å². The molecule has 2 amide bonds. The van der Waals surface area contributed by atoms with Crippen LogP contribution < -0.4 is 11.1 Å². The zero-order valence-corrected chi connectivity index (χ0v) is 13.4. The molecule has 0 saturated carbocycles. The fourth-order valence-electron chi connectivity index (χ4n) is 3.02. The van der Waals surface area contributed by atoms with Crippen molar-refractivity contribution in [1.82, 2.24) is 14.7 Å². The lowest BCUT2D eigenvalue weighted by atomic mass is 10.1. The average Bonchev–Trinajstić information content (AvgIpc) is 3.17. The maximum absolute atomic E-state index is 12.6. The first-order valence-electron chi connectivity index (χ1n) is 8.02. The Balaban J connectivity index is 1.61. The molecular formula is C17H21N5O2. The van der Waals surface area contributed by atoms with Gasteiger partial charge in [0.15, 0.2) is 5.82 Å². The molecule has 0 spiro atoms. The Labute approximate surface area is 140 Å². The minimum Gasteiger partial charge on any atom is -0.368 e. The van der Waals surface area contributed by atoms with E-state index in [4.69, 9.17) is 5.73 Å². The summed E-state index contributed by atoms with van der Waals surface area (Å²) in [6, 6.07) is 11.6. The summed E-state index contributed by atoms with van der Waals surface area (Å²) in [6.45, 7) is 1.66. The summed E-state index contributed by atoms with van der Waals surface area (Å²) in [4.78, 5) is 25.6. The molecule has 3 rings (SSSR count). The number of anilines is 1. The van der Waals surface area contributed by atoms with Crippen LogP contribution in [0.5, 0.6) is 0 Å². The first-order chi connectivity index (χ1) is 11.6. The fourth-order valence-corrected chi connectivity index (χ4v) is 3.02. The van der Waals surface area contributed by atoms with Crippen LogP contribution in [0.4, 0.5) is 5.82 Å². The zero-order chi connectivity index (χ0) is 16.9. The second-order valence-electron chi connectivity index (χ2n) is 5.97. The van der Waals surface area contributed by atoms with E-state index in [0.717, 1.165) is 25.9 Å². The molecular weight excluding hydrogens is 306 g/mol. The van der Waals surface area contributed by atoms with Gasteiger partial charge in [-0.25, -0.2) is 0 Å². The van der Waals surface area contributed by atoms with Crippen molar-refractivity contribution in [1.29, 1.82) is 0 Å². The molecule has 3 N–H and O–H groups in total. The Hall–Kier alpha value is -2.67. The molecule has 7 nitrogen and oxygen atoms in total. The number of nitrogens with zero attached hydrogens (tertiary/aromatic N) is 3. The summed E-state index contributed by atoms with van der Waals surface area (Å²) in [5, 5.41) is 6.96. The van der Waals surface area contributed by atoms with Crippen molar-refractivity contribution in [2.24, 2.45) is 5.73 Å². The van der Waals surface area contributed by atoms with Crippen LogP contribution in [0.1, 0.15) is 18.4 Å². The van der Waals surface area contributed by atoms with Crippen LogP contribution in [0, 0.1) is 0 Å². The van der Waals surface area contributed by atoms with Crippen molar-refractivity contribution in [3.05, 3.63) is 48.2 Å². The number of aromatic nitrogens is 2. The molecule has 1 aliphatic rings. The molecule has 1 fully saturated rings. The van der Waals surface area contributed by atoms with E-state index >= 15 is 0 Å². The first-order valence-corrected chi connectivity index (χ1v) is 8.02. The van der Waals surface area contributed by atoms with Crippen LogP contribution in [-0.4, -0.2) is 39.1 Å². The molecule has 1 aliphatic heterocycles.